The molecule has 2 atom stereocenters. The van der Waals surface area contributed by atoms with Gasteiger partial charge in [-0.25, -0.2) is 4.79 Å². The number of nitrogens with one attached hydrogen (secondary N) is 1. The molecule has 0 radical (unpaired) electrons. The monoisotopic (exact) mass is 492 g/mol. The summed E-state index contributed by atoms with van der Waals surface area (Å²) in [6, 6.07) is 8.66. The van der Waals surface area contributed by atoms with E-state index in [1.54, 1.807) is 6.07 Å². The quantitative estimate of drug-likeness (QED) is 0.534. The molecule has 3 aliphatic heterocycles. The Labute approximate surface area is 202 Å². The van der Waals surface area contributed by atoms with E-state index in [9.17, 15) is 18.0 Å². The SMILES string of the molecule is CC1(C)Cc2cc(-c3cc(C(F)(F)F)ccc3Cl)ccc2C1NC(=O)O[C@H]1CN2CCC1CC2. The summed E-state index contributed by atoms with van der Waals surface area (Å²) in [7, 11) is 0. The van der Waals surface area contributed by atoms with Crippen LogP contribution in [0.1, 0.15) is 49.4 Å². The van der Waals surface area contributed by atoms with Crippen molar-refractivity contribution in [3.8, 4) is 11.1 Å². The molecule has 6 rings (SSSR count). The van der Waals surface area contributed by atoms with E-state index in [1.165, 1.54) is 6.07 Å². The number of hydrogen-bond acceptors (Lipinski definition) is 3. The Morgan fingerprint density at radius 1 is 1.15 bits per heavy atom. The van der Waals surface area contributed by atoms with Crippen LogP contribution in [-0.2, 0) is 17.3 Å². The molecule has 0 saturated carbocycles. The van der Waals surface area contributed by atoms with Gasteiger partial charge in [0.1, 0.15) is 6.10 Å². The number of amides is 1. The lowest BCUT2D eigenvalue weighted by atomic mass is 9.85. The third-order valence-electron chi connectivity index (χ3n) is 7.60. The second-order valence-electron chi connectivity index (χ2n) is 10.4. The van der Waals surface area contributed by atoms with Gasteiger partial charge in [-0.1, -0.05) is 43.6 Å². The number of ether oxygens (including phenoxy) is 1. The minimum atomic E-state index is -4.44. The van der Waals surface area contributed by atoms with Gasteiger partial charge in [0.05, 0.1) is 11.6 Å². The molecule has 2 aromatic carbocycles. The number of carbonyl (C=O) groups is 1. The third kappa shape index (κ3) is 4.40. The topological polar surface area (TPSA) is 41.6 Å². The van der Waals surface area contributed by atoms with Crippen LogP contribution < -0.4 is 5.32 Å². The lowest BCUT2D eigenvalue weighted by Gasteiger charge is -2.44. The minimum Gasteiger partial charge on any atom is -0.445 e. The maximum absolute atomic E-state index is 13.2. The zero-order chi connectivity index (χ0) is 24.3. The summed E-state index contributed by atoms with van der Waals surface area (Å²) in [5.41, 5.74) is 1.91. The van der Waals surface area contributed by atoms with E-state index in [2.05, 4.69) is 24.1 Å². The summed E-state index contributed by atoms with van der Waals surface area (Å²) in [5.74, 6) is 0.430. The van der Waals surface area contributed by atoms with Crippen LogP contribution in [0.5, 0.6) is 0 Å². The van der Waals surface area contributed by atoms with Gasteiger partial charge in [-0.3, -0.25) is 4.90 Å². The molecular weight excluding hydrogens is 465 g/mol. The fourth-order valence-electron chi connectivity index (χ4n) is 5.75. The predicted octanol–water partition coefficient (Wildman–Crippen LogP) is 6.47. The largest absolute Gasteiger partial charge is 0.445 e. The Balaban J connectivity index is 1.36. The molecular formula is C26H28ClF3N2O2. The zero-order valence-corrected chi connectivity index (χ0v) is 20.0. The van der Waals surface area contributed by atoms with Crippen LogP contribution in [0, 0.1) is 11.3 Å². The van der Waals surface area contributed by atoms with Crippen molar-refractivity contribution >= 4 is 17.7 Å². The molecule has 1 aliphatic carbocycles. The second-order valence-corrected chi connectivity index (χ2v) is 10.8. The van der Waals surface area contributed by atoms with Crippen molar-refractivity contribution in [3.63, 3.8) is 0 Å². The first-order chi connectivity index (χ1) is 16.0. The lowest BCUT2D eigenvalue weighted by molar-refractivity contribution is -0.137. The van der Waals surface area contributed by atoms with Gasteiger partial charge in [0.25, 0.3) is 0 Å². The number of fused-ring (bicyclic) bond motifs is 4. The van der Waals surface area contributed by atoms with E-state index < -0.39 is 17.8 Å². The molecule has 3 heterocycles. The first-order valence-electron chi connectivity index (χ1n) is 11.7. The number of nitrogens with zero attached hydrogens (tertiary/aromatic N) is 1. The Bertz CT molecular complexity index is 1110. The first-order valence-corrected chi connectivity index (χ1v) is 12.1. The van der Waals surface area contributed by atoms with E-state index in [4.69, 9.17) is 16.3 Å². The number of rotatable bonds is 3. The number of alkyl carbamates (subject to hydrolysis) is 1. The van der Waals surface area contributed by atoms with Crippen LogP contribution >= 0.6 is 11.6 Å². The maximum Gasteiger partial charge on any atom is 0.416 e. The molecule has 182 valence electrons. The fraction of sp³-hybridized carbons (Fsp3) is 0.500. The smallest absolute Gasteiger partial charge is 0.416 e. The molecule has 2 bridgehead atoms. The van der Waals surface area contributed by atoms with Gasteiger partial charge in [-0.2, -0.15) is 13.2 Å². The van der Waals surface area contributed by atoms with E-state index in [-0.39, 0.29) is 22.6 Å². The molecule has 0 aromatic heterocycles. The first kappa shape index (κ1) is 23.5. The molecule has 3 fully saturated rings. The molecule has 2 aromatic rings. The van der Waals surface area contributed by atoms with Gasteiger partial charge in [0.15, 0.2) is 0 Å². The van der Waals surface area contributed by atoms with Gasteiger partial charge in [0, 0.05) is 17.1 Å². The van der Waals surface area contributed by atoms with E-state index >= 15 is 0 Å². The summed E-state index contributed by atoms with van der Waals surface area (Å²) in [6.07, 6.45) is -2.11. The summed E-state index contributed by atoms with van der Waals surface area (Å²) >= 11 is 6.26. The number of hydrogen-bond donors (Lipinski definition) is 1. The van der Waals surface area contributed by atoms with Crippen molar-refractivity contribution in [1.29, 1.82) is 0 Å². The summed E-state index contributed by atoms with van der Waals surface area (Å²) in [6.45, 7) is 7.09. The van der Waals surface area contributed by atoms with Crippen LogP contribution in [-0.4, -0.2) is 36.7 Å². The molecule has 8 heteroatoms. The van der Waals surface area contributed by atoms with E-state index in [0.29, 0.717) is 23.5 Å². The number of piperidine rings is 3. The van der Waals surface area contributed by atoms with Gasteiger partial charge < -0.3 is 10.1 Å². The highest BCUT2D eigenvalue weighted by atomic mass is 35.5. The van der Waals surface area contributed by atoms with Crippen molar-refractivity contribution < 1.29 is 22.7 Å². The van der Waals surface area contributed by atoms with E-state index in [0.717, 1.165) is 55.7 Å². The highest BCUT2D eigenvalue weighted by molar-refractivity contribution is 6.33. The highest BCUT2D eigenvalue weighted by Crippen LogP contribution is 2.47. The molecule has 0 spiro atoms. The number of halogens is 4. The van der Waals surface area contributed by atoms with Crippen molar-refractivity contribution in [2.45, 2.75) is 51.4 Å². The average Bonchev–Trinajstić information content (AvgIpc) is 3.02. The fourth-order valence-corrected chi connectivity index (χ4v) is 5.98. The predicted molar refractivity (Wildman–Crippen MR) is 125 cm³/mol. The maximum atomic E-state index is 13.2. The number of carbonyl (C=O) groups excluding carboxylic acids is 1. The summed E-state index contributed by atoms with van der Waals surface area (Å²) in [4.78, 5) is 15.2. The van der Waals surface area contributed by atoms with Crippen molar-refractivity contribution in [2.75, 3.05) is 19.6 Å². The summed E-state index contributed by atoms with van der Waals surface area (Å²) < 4.78 is 45.5. The summed E-state index contributed by atoms with van der Waals surface area (Å²) in [5, 5.41) is 3.34. The van der Waals surface area contributed by atoms with Crippen LogP contribution in [0.3, 0.4) is 0 Å². The standard InChI is InChI=1S/C26H28ClF3N2O2/c1-25(2)13-17-11-16(20-12-18(26(28,29)30)4-6-21(20)27)3-5-19(17)23(25)31-24(33)34-22-14-32-9-7-15(22)8-10-32/h3-6,11-12,15,22-23H,7-10,13-14H2,1-2H3,(H,31,33)/t22-,23?/m0/s1. The average molecular weight is 493 g/mol. The highest BCUT2D eigenvalue weighted by Gasteiger charge is 2.42. The van der Waals surface area contributed by atoms with Crippen LogP contribution in [0.15, 0.2) is 36.4 Å². The van der Waals surface area contributed by atoms with Gasteiger partial charge in [0.2, 0.25) is 0 Å². The van der Waals surface area contributed by atoms with Gasteiger partial charge in [-0.15, -0.1) is 0 Å². The van der Waals surface area contributed by atoms with Crippen LogP contribution in [0.4, 0.5) is 18.0 Å². The lowest BCUT2D eigenvalue weighted by Crippen LogP contribution is -2.53. The van der Waals surface area contributed by atoms with Crippen molar-refractivity contribution in [2.24, 2.45) is 11.3 Å². The normalized spacial score (nSPS) is 27.4. The van der Waals surface area contributed by atoms with Crippen LogP contribution in [0.2, 0.25) is 5.02 Å². The second kappa shape index (κ2) is 8.45. The van der Waals surface area contributed by atoms with Crippen molar-refractivity contribution in [3.05, 3.63) is 58.1 Å². The number of alkyl halides is 3. The Hall–Kier alpha value is -2.25. The number of benzene rings is 2. The zero-order valence-electron chi connectivity index (χ0n) is 19.2. The molecule has 34 heavy (non-hydrogen) atoms. The molecule has 1 N–H and O–H groups in total. The molecule has 1 amide bonds. The molecule has 4 aliphatic rings. The van der Waals surface area contributed by atoms with Gasteiger partial charge in [-0.05, 0) is 78.6 Å². The Kier molecular flexibility index (Phi) is 5.84. The molecule has 4 nitrogen and oxygen atoms in total. The van der Waals surface area contributed by atoms with E-state index in [1.807, 2.05) is 12.1 Å². The van der Waals surface area contributed by atoms with Gasteiger partial charge >= 0.3 is 12.3 Å². The Morgan fingerprint density at radius 3 is 2.53 bits per heavy atom. The van der Waals surface area contributed by atoms with Crippen molar-refractivity contribution in [1.82, 2.24) is 10.2 Å². The van der Waals surface area contributed by atoms with Crippen LogP contribution in [0.25, 0.3) is 11.1 Å². The third-order valence-corrected chi connectivity index (χ3v) is 7.93. The Morgan fingerprint density at radius 2 is 1.88 bits per heavy atom. The molecule has 1 unspecified atom stereocenters. The minimum absolute atomic E-state index is 0.0723. The molecule has 3 saturated heterocycles.